The van der Waals surface area contributed by atoms with Crippen LogP contribution in [0.1, 0.15) is 25.3 Å². The van der Waals surface area contributed by atoms with E-state index >= 15 is 0 Å². The van der Waals surface area contributed by atoms with Gasteiger partial charge in [0.2, 0.25) is 11.8 Å². The number of benzene rings is 2. The average Bonchev–Trinajstić information content (AvgIpc) is 3.09. The quantitative estimate of drug-likeness (QED) is 0.406. The number of carbonyl (C=O) groups excluding carboxylic acids is 1. The highest BCUT2D eigenvalue weighted by molar-refractivity contribution is 5.83. The van der Waals surface area contributed by atoms with Crippen LogP contribution in [0.4, 0.5) is 0 Å². The van der Waals surface area contributed by atoms with Crippen LogP contribution < -0.4 is 11.3 Å². The van der Waals surface area contributed by atoms with Crippen molar-refractivity contribution in [3.8, 4) is 11.5 Å². The van der Waals surface area contributed by atoms with Crippen LogP contribution in [0.3, 0.4) is 0 Å². The fraction of sp³-hybridized carbons (Fsp3) is 0.200. The average molecular weight is 335 g/mol. The van der Waals surface area contributed by atoms with Crippen molar-refractivity contribution in [2.24, 2.45) is 11.8 Å². The first-order valence-electron chi connectivity index (χ1n) is 8.27. The molecular formula is C20H21N3O2. The van der Waals surface area contributed by atoms with Crippen molar-refractivity contribution in [2.45, 2.75) is 19.8 Å². The maximum Gasteiger partial charge on any atom is 0.234 e. The molecule has 1 unspecified atom stereocenters. The molecule has 0 aliphatic rings. The van der Waals surface area contributed by atoms with Crippen LogP contribution in [-0.2, 0) is 4.79 Å². The van der Waals surface area contributed by atoms with Crippen LogP contribution in [0.5, 0.6) is 0 Å². The third-order valence-electron chi connectivity index (χ3n) is 4.36. The van der Waals surface area contributed by atoms with Crippen molar-refractivity contribution < 1.29 is 9.21 Å². The Kier molecular flexibility index (Phi) is 4.95. The molecule has 0 aliphatic heterocycles. The van der Waals surface area contributed by atoms with Crippen LogP contribution in [0.15, 0.2) is 59.5 Å². The van der Waals surface area contributed by atoms with Gasteiger partial charge in [0.25, 0.3) is 0 Å². The van der Waals surface area contributed by atoms with Gasteiger partial charge in [-0.25, -0.2) is 10.8 Å². The maximum atomic E-state index is 11.6. The largest absolute Gasteiger partial charge is 0.436 e. The standard InChI is InChI=1S/C20H21N3O2/c1-3-14(12-19(24)23-21)13(2)16-9-10-17-18(11-16)25-20(22-17)15-7-5-4-6-8-15/h4-11,14H,2-3,12,21H2,1H3,(H,23,24). The maximum absolute atomic E-state index is 11.6. The monoisotopic (exact) mass is 335 g/mol. The number of rotatable bonds is 6. The molecule has 1 atom stereocenters. The minimum absolute atomic E-state index is 0.0255. The van der Waals surface area contributed by atoms with Crippen molar-refractivity contribution in [1.29, 1.82) is 0 Å². The third-order valence-corrected chi connectivity index (χ3v) is 4.36. The van der Waals surface area contributed by atoms with Crippen molar-refractivity contribution in [1.82, 2.24) is 10.4 Å². The second kappa shape index (κ2) is 7.32. The predicted octanol–water partition coefficient (Wildman–Crippen LogP) is 3.91. The molecule has 1 aromatic heterocycles. The van der Waals surface area contributed by atoms with Crippen LogP contribution in [0.25, 0.3) is 28.1 Å². The lowest BCUT2D eigenvalue weighted by Gasteiger charge is -2.17. The van der Waals surface area contributed by atoms with E-state index in [1.165, 1.54) is 0 Å². The summed E-state index contributed by atoms with van der Waals surface area (Å²) < 4.78 is 5.91. The number of hydrogen-bond acceptors (Lipinski definition) is 4. The molecule has 0 bridgehead atoms. The van der Waals surface area contributed by atoms with E-state index in [0.717, 1.165) is 28.6 Å². The van der Waals surface area contributed by atoms with Gasteiger partial charge >= 0.3 is 0 Å². The summed E-state index contributed by atoms with van der Waals surface area (Å²) in [4.78, 5) is 16.1. The molecule has 0 saturated heterocycles. The first-order valence-corrected chi connectivity index (χ1v) is 8.27. The van der Waals surface area contributed by atoms with E-state index in [1.54, 1.807) is 0 Å². The van der Waals surface area contributed by atoms with Gasteiger partial charge in [-0.05, 0) is 47.7 Å². The Hall–Kier alpha value is -2.92. The topological polar surface area (TPSA) is 81.2 Å². The normalized spacial score (nSPS) is 12.1. The molecule has 3 aromatic rings. The summed E-state index contributed by atoms with van der Waals surface area (Å²) in [6.07, 6.45) is 1.12. The van der Waals surface area contributed by atoms with Crippen LogP contribution >= 0.6 is 0 Å². The minimum atomic E-state index is -0.194. The Morgan fingerprint density at radius 3 is 2.72 bits per heavy atom. The smallest absolute Gasteiger partial charge is 0.234 e. The Balaban J connectivity index is 1.90. The van der Waals surface area contributed by atoms with Gasteiger partial charge in [0.15, 0.2) is 5.58 Å². The van der Waals surface area contributed by atoms with Crippen molar-refractivity contribution in [3.05, 3.63) is 60.7 Å². The van der Waals surface area contributed by atoms with E-state index < -0.39 is 0 Å². The molecule has 0 spiro atoms. The predicted molar refractivity (Wildman–Crippen MR) is 99.2 cm³/mol. The highest BCUT2D eigenvalue weighted by atomic mass is 16.3. The lowest BCUT2D eigenvalue weighted by Crippen LogP contribution is -2.31. The second-order valence-electron chi connectivity index (χ2n) is 5.97. The molecule has 5 heteroatoms. The van der Waals surface area contributed by atoms with Crippen LogP contribution in [0.2, 0.25) is 0 Å². The summed E-state index contributed by atoms with van der Waals surface area (Å²) in [5.74, 6) is 5.62. The minimum Gasteiger partial charge on any atom is -0.436 e. The van der Waals surface area contributed by atoms with E-state index in [0.29, 0.717) is 17.9 Å². The molecule has 0 saturated carbocycles. The summed E-state index contributed by atoms with van der Waals surface area (Å²) in [6.45, 7) is 6.20. The zero-order valence-corrected chi connectivity index (χ0v) is 14.2. The molecule has 128 valence electrons. The number of oxazole rings is 1. The van der Waals surface area contributed by atoms with Gasteiger partial charge in [0.1, 0.15) is 5.52 Å². The molecule has 5 nitrogen and oxygen atoms in total. The lowest BCUT2D eigenvalue weighted by atomic mass is 9.89. The zero-order valence-electron chi connectivity index (χ0n) is 14.2. The zero-order chi connectivity index (χ0) is 17.8. The molecule has 0 radical (unpaired) electrons. The van der Waals surface area contributed by atoms with E-state index in [2.05, 4.69) is 17.0 Å². The van der Waals surface area contributed by atoms with E-state index in [-0.39, 0.29) is 11.8 Å². The van der Waals surface area contributed by atoms with E-state index in [1.807, 2.05) is 55.5 Å². The molecule has 25 heavy (non-hydrogen) atoms. The van der Waals surface area contributed by atoms with Gasteiger partial charge in [0.05, 0.1) is 0 Å². The van der Waals surface area contributed by atoms with Crippen LogP contribution in [0, 0.1) is 5.92 Å². The van der Waals surface area contributed by atoms with E-state index in [4.69, 9.17) is 10.3 Å². The number of nitrogens with two attached hydrogens (primary N) is 1. The van der Waals surface area contributed by atoms with Gasteiger partial charge in [-0.1, -0.05) is 37.8 Å². The molecule has 1 amide bonds. The number of allylic oxidation sites excluding steroid dienone is 1. The molecular weight excluding hydrogens is 314 g/mol. The fourth-order valence-corrected chi connectivity index (χ4v) is 2.86. The summed E-state index contributed by atoms with van der Waals surface area (Å²) in [7, 11) is 0. The Bertz CT molecular complexity index is 900. The fourth-order valence-electron chi connectivity index (χ4n) is 2.86. The Morgan fingerprint density at radius 2 is 2.04 bits per heavy atom. The number of carbonyl (C=O) groups is 1. The highest BCUT2D eigenvalue weighted by Gasteiger charge is 2.17. The van der Waals surface area contributed by atoms with Gasteiger partial charge in [-0.15, -0.1) is 0 Å². The SMILES string of the molecule is C=C(c1ccc2nc(-c3ccccc3)oc2c1)C(CC)CC(=O)NN. The van der Waals surface area contributed by atoms with Gasteiger partial charge in [0, 0.05) is 12.0 Å². The van der Waals surface area contributed by atoms with Gasteiger partial charge in [-0.3, -0.25) is 10.2 Å². The Labute approximate surface area is 146 Å². The number of nitrogens with zero attached hydrogens (tertiary/aromatic N) is 1. The molecule has 0 aliphatic carbocycles. The number of hydrogen-bond donors (Lipinski definition) is 2. The Morgan fingerprint density at radius 1 is 1.28 bits per heavy atom. The number of hydrazine groups is 1. The summed E-state index contributed by atoms with van der Waals surface area (Å²) in [5.41, 5.74) is 6.45. The van der Waals surface area contributed by atoms with Crippen LogP contribution in [-0.4, -0.2) is 10.9 Å². The number of nitrogens with one attached hydrogen (secondary N) is 1. The van der Waals surface area contributed by atoms with Crippen molar-refractivity contribution >= 4 is 22.6 Å². The summed E-state index contributed by atoms with van der Waals surface area (Å²) >= 11 is 0. The first kappa shape index (κ1) is 16.9. The molecule has 1 heterocycles. The lowest BCUT2D eigenvalue weighted by molar-refractivity contribution is -0.121. The summed E-state index contributed by atoms with van der Waals surface area (Å²) in [6, 6.07) is 15.6. The van der Waals surface area contributed by atoms with Crippen molar-refractivity contribution in [2.75, 3.05) is 0 Å². The molecule has 3 rings (SSSR count). The van der Waals surface area contributed by atoms with Gasteiger partial charge in [-0.2, -0.15) is 0 Å². The van der Waals surface area contributed by atoms with E-state index in [9.17, 15) is 4.79 Å². The molecule has 3 N–H and O–H groups in total. The number of amides is 1. The van der Waals surface area contributed by atoms with Crippen molar-refractivity contribution in [3.63, 3.8) is 0 Å². The number of fused-ring (bicyclic) bond motifs is 1. The third kappa shape index (κ3) is 3.61. The second-order valence-corrected chi connectivity index (χ2v) is 5.97. The summed E-state index contributed by atoms with van der Waals surface area (Å²) in [5, 5.41) is 0. The molecule has 0 fully saturated rings. The highest BCUT2D eigenvalue weighted by Crippen LogP contribution is 2.31. The molecule has 2 aromatic carbocycles. The number of aromatic nitrogens is 1. The first-order chi connectivity index (χ1) is 12.1. The van der Waals surface area contributed by atoms with Gasteiger partial charge < -0.3 is 4.42 Å².